The molecule has 4 heteroatoms. The van der Waals surface area contributed by atoms with Gasteiger partial charge in [-0.25, -0.2) is 4.98 Å². The van der Waals surface area contributed by atoms with Gasteiger partial charge >= 0.3 is 0 Å². The van der Waals surface area contributed by atoms with Crippen molar-refractivity contribution in [3.05, 3.63) is 14.1 Å². The lowest BCUT2D eigenvalue weighted by molar-refractivity contribution is 0.780. The van der Waals surface area contributed by atoms with Crippen molar-refractivity contribution in [2.75, 3.05) is 0 Å². The molecule has 0 aliphatic rings. The summed E-state index contributed by atoms with van der Waals surface area (Å²) in [6, 6.07) is 0. The molecule has 0 fully saturated rings. The normalized spacial score (nSPS) is 12.0. The summed E-state index contributed by atoms with van der Waals surface area (Å²) in [7, 11) is 0. The van der Waals surface area contributed by atoms with Gasteiger partial charge in [0.2, 0.25) is 0 Å². The average Bonchev–Trinajstić information content (AvgIpc) is 2.11. The maximum absolute atomic E-state index is 4.40. The third-order valence-corrected chi connectivity index (χ3v) is 3.41. The lowest BCUT2D eigenvalue weighted by Gasteiger charge is -2.11. The van der Waals surface area contributed by atoms with E-state index in [1.807, 2.05) is 20.0 Å². The van der Waals surface area contributed by atoms with Crippen LogP contribution in [0.4, 0.5) is 0 Å². The highest BCUT2D eigenvalue weighted by Gasteiger charge is 2.18. The van der Waals surface area contributed by atoms with Gasteiger partial charge in [0, 0.05) is 0 Å². The molecule has 0 aromatic carbocycles. The maximum atomic E-state index is 4.40. The van der Waals surface area contributed by atoms with E-state index in [4.69, 9.17) is 0 Å². The third-order valence-electron chi connectivity index (χ3n) is 1.00. The van der Waals surface area contributed by atoms with E-state index in [0.717, 1.165) is 5.01 Å². The molecule has 1 nitrogen and oxygen atoms in total. The number of hydrogen-bond acceptors (Lipinski definition) is 3. The van der Waals surface area contributed by atoms with Crippen LogP contribution in [0.15, 0.2) is 6.20 Å². The summed E-state index contributed by atoms with van der Waals surface area (Å²) in [5.74, 6) is 0. The molecule has 0 aliphatic heterocycles. The van der Waals surface area contributed by atoms with Crippen LogP contribution in [0.5, 0.6) is 0 Å². The molecule has 0 aliphatic carbocycles. The van der Waals surface area contributed by atoms with Gasteiger partial charge in [0.15, 0.2) is 0 Å². The molecule has 56 valence electrons. The lowest BCUT2D eigenvalue weighted by Crippen LogP contribution is -2.05. The zero-order valence-corrected chi connectivity index (χ0v) is 9.63. The SMILES string of the molecule is CC(C)(S)c1ncc(I)s1. The number of thiazole rings is 1. The molecule has 0 saturated heterocycles. The highest BCUT2D eigenvalue weighted by atomic mass is 127. The van der Waals surface area contributed by atoms with Crippen LogP contribution in [-0.2, 0) is 4.75 Å². The van der Waals surface area contributed by atoms with E-state index in [0.29, 0.717) is 0 Å². The Kier molecular flexibility index (Phi) is 2.63. The maximum Gasteiger partial charge on any atom is 0.109 e. The Morgan fingerprint density at radius 3 is 2.50 bits per heavy atom. The molecule has 1 aromatic rings. The molecule has 0 amide bonds. The fraction of sp³-hybridized carbons (Fsp3) is 0.500. The van der Waals surface area contributed by atoms with Crippen molar-refractivity contribution in [3.8, 4) is 0 Å². The molecule has 1 heterocycles. The molecule has 0 bridgehead atoms. The van der Waals surface area contributed by atoms with Crippen molar-refractivity contribution in [1.82, 2.24) is 4.98 Å². The van der Waals surface area contributed by atoms with Crippen LogP contribution in [0.2, 0.25) is 0 Å². The smallest absolute Gasteiger partial charge is 0.109 e. The molecule has 0 radical (unpaired) electrons. The van der Waals surface area contributed by atoms with Crippen molar-refractivity contribution in [1.29, 1.82) is 0 Å². The molecule has 0 atom stereocenters. The molecule has 0 saturated carbocycles. The second kappa shape index (κ2) is 2.98. The first-order valence-electron chi connectivity index (χ1n) is 2.84. The van der Waals surface area contributed by atoms with Crippen LogP contribution in [-0.4, -0.2) is 4.98 Å². The van der Waals surface area contributed by atoms with E-state index in [1.54, 1.807) is 11.3 Å². The molecule has 0 unspecified atom stereocenters. The Bertz CT molecular complexity index is 226. The van der Waals surface area contributed by atoms with Crippen molar-refractivity contribution in [3.63, 3.8) is 0 Å². The van der Waals surface area contributed by atoms with Crippen molar-refractivity contribution in [2.45, 2.75) is 18.6 Å². The predicted molar refractivity (Wildman–Crippen MR) is 56.8 cm³/mol. The van der Waals surface area contributed by atoms with Gasteiger partial charge in [-0.05, 0) is 36.4 Å². The Hall–Kier alpha value is 0.710. The van der Waals surface area contributed by atoms with Gasteiger partial charge in [-0.3, -0.25) is 0 Å². The molecular weight excluding hydrogens is 277 g/mol. The van der Waals surface area contributed by atoms with E-state index in [9.17, 15) is 0 Å². The number of aromatic nitrogens is 1. The Labute approximate surface area is 83.8 Å². The summed E-state index contributed by atoms with van der Waals surface area (Å²) < 4.78 is 1.13. The number of nitrogens with zero attached hydrogens (tertiary/aromatic N) is 1. The Morgan fingerprint density at radius 1 is 1.70 bits per heavy atom. The quantitative estimate of drug-likeness (QED) is 0.618. The number of hydrogen-bond donors (Lipinski definition) is 1. The lowest BCUT2D eigenvalue weighted by atomic mass is 10.2. The minimum Gasteiger partial charge on any atom is -0.247 e. The third kappa shape index (κ3) is 2.10. The van der Waals surface area contributed by atoms with E-state index >= 15 is 0 Å². The van der Waals surface area contributed by atoms with Crippen molar-refractivity contribution >= 4 is 46.6 Å². The van der Waals surface area contributed by atoms with Crippen LogP contribution >= 0.6 is 46.6 Å². The van der Waals surface area contributed by atoms with E-state index in [2.05, 4.69) is 40.2 Å². The highest BCUT2D eigenvalue weighted by molar-refractivity contribution is 14.1. The zero-order chi connectivity index (χ0) is 7.78. The summed E-state index contributed by atoms with van der Waals surface area (Å²) in [5, 5.41) is 1.08. The van der Waals surface area contributed by atoms with Gasteiger partial charge in [0.25, 0.3) is 0 Å². The van der Waals surface area contributed by atoms with Crippen molar-refractivity contribution < 1.29 is 0 Å². The molecule has 10 heavy (non-hydrogen) atoms. The minimum absolute atomic E-state index is 0.0892. The summed E-state index contributed by atoms with van der Waals surface area (Å²) >= 11 is 8.36. The van der Waals surface area contributed by atoms with Gasteiger partial charge in [0.05, 0.1) is 13.8 Å². The fourth-order valence-corrected chi connectivity index (χ4v) is 2.14. The molecule has 1 rings (SSSR count). The van der Waals surface area contributed by atoms with Gasteiger partial charge in [-0.2, -0.15) is 12.6 Å². The average molecular weight is 285 g/mol. The predicted octanol–water partition coefficient (Wildman–Crippen LogP) is 2.91. The topological polar surface area (TPSA) is 12.9 Å². The number of rotatable bonds is 1. The van der Waals surface area contributed by atoms with Gasteiger partial charge < -0.3 is 0 Å². The second-order valence-electron chi connectivity index (χ2n) is 2.53. The first kappa shape index (κ1) is 8.80. The second-order valence-corrected chi connectivity index (χ2v) is 6.57. The molecule has 0 N–H and O–H groups in total. The van der Waals surface area contributed by atoms with Crippen molar-refractivity contribution in [2.24, 2.45) is 0 Å². The fourth-order valence-electron chi connectivity index (χ4n) is 0.537. The summed E-state index contributed by atoms with van der Waals surface area (Å²) in [4.78, 5) is 4.22. The molecule has 1 aromatic heterocycles. The number of halogens is 1. The Morgan fingerprint density at radius 2 is 2.30 bits per heavy atom. The first-order valence-corrected chi connectivity index (χ1v) is 5.18. The number of thiol groups is 1. The van der Waals surface area contributed by atoms with Crippen LogP contribution in [0.3, 0.4) is 0 Å². The minimum atomic E-state index is -0.0892. The van der Waals surface area contributed by atoms with Gasteiger partial charge in [-0.1, -0.05) is 0 Å². The van der Waals surface area contributed by atoms with E-state index in [1.165, 1.54) is 2.88 Å². The van der Waals surface area contributed by atoms with Crippen LogP contribution in [0.25, 0.3) is 0 Å². The molecule has 0 spiro atoms. The van der Waals surface area contributed by atoms with Gasteiger partial charge in [-0.15, -0.1) is 11.3 Å². The first-order chi connectivity index (χ1) is 4.50. The highest BCUT2D eigenvalue weighted by Crippen LogP contribution is 2.30. The summed E-state index contributed by atoms with van der Waals surface area (Å²) in [5.41, 5.74) is 0. The standard InChI is InChI=1S/C6H8INS2/c1-6(2,9)5-8-3-4(7)10-5/h3,9H,1-2H3. The van der Waals surface area contributed by atoms with Gasteiger partial charge in [0.1, 0.15) is 5.01 Å². The van der Waals surface area contributed by atoms with E-state index < -0.39 is 0 Å². The molecular formula is C6H8INS2. The largest absolute Gasteiger partial charge is 0.247 e. The van der Waals surface area contributed by atoms with Crippen LogP contribution < -0.4 is 0 Å². The van der Waals surface area contributed by atoms with E-state index in [-0.39, 0.29) is 4.75 Å². The summed E-state index contributed by atoms with van der Waals surface area (Å²) in [6.45, 7) is 4.09. The zero-order valence-electron chi connectivity index (χ0n) is 5.76. The van der Waals surface area contributed by atoms with Crippen LogP contribution in [0, 0.1) is 2.88 Å². The monoisotopic (exact) mass is 285 g/mol. The summed E-state index contributed by atoms with van der Waals surface area (Å²) in [6.07, 6.45) is 1.87. The van der Waals surface area contributed by atoms with Crippen LogP contribution in [0.1, 0.15) is 18.9 Å². The Balaban J connectivity index is 2.96.